The number of allylic oxidation sites excluding steroid dienone is 6. The third-order valence-corrected chi connectivity index (χ3v) is 7.46. The second-order valence-corrected chi connectivity index (χ2v) is 9.51. The van der Waals surface area contributed by atoms with Crippen molar-refractivity contribution in [1.29, 1.82) is 0 Å². The Morgan fingerprint density at radius 1 is 0.658 bits per heavy atom. The van der Waals surface area contributed by atoms with E-state index in [4.69, 9.17) is 0 Å². The van der Waals surface area contributed by atoms with Gasteiger partial charge < -0.3 is 14.9 Å². The van der Waals surface area contributed by atoms with Crippen LogP contribution in [0.15, 0.2) is 46.2 Å². The fourth-order valence-electron chi connectivity index (χ4n) is 6.25. The Labute approximate surface area is 257 Å². The van der Waals surface area contributed by atoms with Gasteiger partial charge in [-0.15, -0.1) is 82.5 Å². The molecular weight excluding hydrogens is 599 g/mol. The minimum atomic E-state index is 0. The van der Waals surface area contributed by atoms with E-state index in [1.165, 1.54) is 116 Å². The van der Waals surface area contributed by atoms with Crippen molar-refractivity contribution in [3.05, 3.63) is 118 Å². The summed E-state index contributed by atoms with van der Waals surface area (Å²) in [4.78, 5) is 0. The Balaban J connectivity index is 0.000000228. The molecule has 194 valence electrons. The van der Waals surface area contributed by atoms with E-state index < -0.39 is 0 Å². The molecule has 6 aliphatic rings. The molecule has 0 spiro atoms. The van der Waals surface area contributed by atoms with E-state index in [0.717, 1.165) is 0 Å². The van der Waals surface area contributed by atoms with Crippen molar-refractivity contribution in [2.24, 2.45) is 0 Å². The first kappa shape index (κ1) is 32.4. The predicted molar refractivity (Wildman–Crippen MR) is 167 cm³/mol. The number of halogens is 2. The quantitative estimate of drug-likeness (QED) is 0.155. The third-order valence-electron chi connectivity index (χ3n) is 7.46. The van der Waals surface area contributed by atoms with Gasteiger partial charge >= 0.3 is 30.2 Å². The molecule has 0 N–H and O–H groups in total. The SMILES string of the molecule is Cc1[c-]c2c3c(c1)C=C=C=C3C1=C2CCC1.Cc1[c-]c2c3c(c1)C=C=C=C3C1=C2CCC1.Cl.Cl.[CH3-].[CH3-].[SiH2]=[Zr]. The second-order valence-electron chi connectivity index (χ2n) is 9.51. The molecule has 2 aromatic rings. The molecule has 38 heavy (non-hydrogen) atoms. The molecule has 0 aliphatic heterocycles. The summed E-state index contributed by atoms with van der Waals surface area (Å²) in [5, 5.41) is 0. The van der Waals surface area contributed by atoms with Crippen molar-refractivity contribution in [3.8, 4) is 0 Å². The molecule has 0 nitrogen and oxygen atoms in total. The summed E-state index contributed by atoms with van der Waals surface area (Å²) in [7, 11) is 0. The van der Waals surface area contributed by atoms with Crippen molar-refractivity contribution in [2.75, 3.05) is 0 Å². The van der Waals surface area contributed by atoms with Crippen LogP contribution in [-0.4, -0.2) is 6.88 Å². The first-order valence-electron chi connectivity index (χ1n) is 12.1. The topological polar surface area (TPSA) is 0 Å². The van der Waals surface area contributed by atoms with Gasteiger partial charge in [0.1, 0.15) is 0 Å². The summed E-state index contributed by atoms with van der Waals surface area (Å²) in [6.45, 7) is 6.20. The Hall–Kier alpha value is -1.80. The first-order chi connectivity index (χ1) is 16.7. The molecule has 0 bridgehead atoms. The minimum absolute atomic E-state index is 0. The van der Waals surface area contributed by atoms with Gasteiger partial charge in [-0.1, -0.05) is 95.9 Å². The van der Waals surface area contributed by atoms with Crippen LogP contribution in [0.5, 0.6) is 0 Å². The van der Waals surface area contributed by atoms with Crippen LogP contribution in [0.25, 0.3) is 34.4 Å². The summed E-state index contributed by atoms with van der Waals surface area (Å²) >= 11 is 1.58. The molecule has 0 saturated heterocycles. The molecule has 4 heteroatoms. The van der Waals surface area contributed by atoms with Gasteiger partial charge in [0.15, 0.2) is 0 Å². The standard InChI is InChI=1S/2C16H11.2CH3.2ClH.H2Si.Zr/c2*1-10-8-11-4-2-7-14-12-5-3-6-13(12)15(9-10)16(11)14;;;;;;/h2*4,8H,3,5-6H2,1H3;2*1H3;2*1H;1H2;/q4*-1;;;;. The Morgan fingerprint density at radius 3 is 1.42 bits per heavy atom. The predicted octanol–water partition coefficient (Wildman–Crippen LogP) is 8.65. The Morgan fingerprint density at radius 2 is 1.03 bits per heavy atom. The van der Waals surface area contributed by atoms with Gasteiger partial charge in [-0.25, -0.2) is 0 Å². The van der Waals surface area contributed by atoms with Gasteiger partial charge in [0.2, 0.25) is 0 Å². The normalized spacial score (nSPS) is 16.0. The average molecular weight is 631 g/mol. The summed E-state index contributed by atoms with van der Waals surface area (Å²) in [6.07, 6.45) is 11.5. The van der Waals surface area contributed by atoms with Crippen molar-refractivity contribution >= 4 is 66.1 Å². The molecule has 0 saturated carbocycles. The fourth-order valence-corrected chi connectivity index (χ4v) is 6.25. The molecule has 0 atom stereocenters. The summed E-state index contributed by atoms with van der Waals surface area (Å²) in [6, 6.07) is 11.5. The van der Waals surface area contributed by atoms with E-state index in [2.05, 4.69) is 61.0 Å². The zero-order valence-electron chi connectivity index (χ0n) is 22.6. The summed E-state index contributed by atoms with van der Waals surface area (Å²) in [5.41, 5.74) is 32.1. The Kier molecular flexibility index (Phi) is 11.1. The monoisotopic (exact) mass is 628 g/mol. The molecule has 2 aromatic carbocycles. The number of hydrogen-bond acceptors (Lipinski definition) is 0. The van der Waals surface area contributed by atoms with Crippen LogP contribution >= 0.6 is 24.8 Å². The van der Waals surface area contributed by atoms with E-state index in [0.29, 0.717) is 0 Å². The number of fused-ring (bicyclic) bond motifs is 4. The van der Waals surface area contributed by atoms with Crippen molar-refractivity contribution in [1.82, 2.24) is 0 Å². The van der Waals surface area contributed by atoms with Crippen LogP contribution in [-0.2, 0) is 23.3 Å². The summed E-state index contributed by atoms with van der Waals surface area (Å²) < 4.78 is 0. The van der Waals surface area contributed by atoms with Crippen LogP contribution < -0.4 is 0 Å². The van der Waals surface area contributed by atoms with Crippen LogP contribution in [0.2, 0.25) is 0 Å². The molecule has 8 rings (SSSR count). The van der Waals surface area contributed by atoms with E-state index in [-0.39, 0.29) is 39.7 Å². The molecule has 0 unspecified atom stereocenters. The second kappa shape index (κ2) is 13.0. The molecule has 0 heterocycles. The van der Waals surface area contributed by atoms with Gasteiger partial charge in [-0.3, -0.25) is 0 Å². The van der Waals surface area contributed by atoms with Crippen molar-refractivity contribution < 1.29 is 23.3 Å². The first-order valence-corrected chi connectivity index (χ1v) is 18.0. The molecule has 0 aromatic heterocycles. The summed E-state index contributed by atoms with van der Waals surface area (Å²) in [5.74, 6) is 0. The maximum absolute atomic E-state index is 3.53. The molecular formula is C34H32Cl2SiZr-4. The van der Waals surface area contributed by atoms with Gasteiger partial charge in [0.25, 0.3) is 0 Å². The zero-order chi connectivity index (χ0) is 23.4. The molecule has 0 radical (unpaired) electrons. The number of benzene rings is 2. The number of hydrogen-bond donors (Lipinski definition) is 0. The Bertz CT molecular complexity index is 1470. The molecule has 0 fully saturated rings. The van der Waals surface area contributed by atoms with Gasteiger partial charge in [0, 0.05) is 0 Å². The van der Waals surface area contributed by atoms with Crippen LogP contribution in [0.1, 0.15) is 83.0 Å². The van der Waals surface area contributed by atoms with Gasteiger partial charge in [-0.2, -0.15) is 0 Å². The van der Waals surface area contributed by atoms with E-state index >= 15 is 0 Å². The van der Waals surface area contributed by atoms with E-state index in [1.54, 1.807) is 23.3 Å². The fraction of sp³-hybridized carbons (Fsp3) is 0.235. The van der Waals surface area contributed by atoms with Crippen LogP contribution in [0, 0.1) is 40.8 Å². The number of rotatable bonds is 0. The van der Waals surface area contributed by atoms with E-state index in [1.807, 2.05) is 19.0 Å². The van der Waals surface area contributed by atoms with Crippen molar-refractivity contribution in [2.45, 2.75) is 52.4 Å². The average Bonchev–Trinajstić information content (AvgIpc) is 3.62. The zero-order valence-corrected chi connectivity index (χ0v) is 28.1. The maximum atomic E-state index is 3.53. The van der Waals surface area contributed by atoms with Gasteiger partial charge in [-0.05, 0) is 36.1 Å². The molecule has 6 aliphatic carbocycles. The van der Waals surface area contributed by atoms with Crippen LogP contribution in [0.3, 0.4) is 0 Å². The van der Waals surface area contributed by atoms with Crippen LogP contribution in [0.4, 0.5) is 0 Å². The number of aryl methyl sites for hydroxylation is 2. The molecule has 0 amide bonds. The van der Waals surface area contributed by atoms with Crippen molar-refractivity contribution in [3.63, 3.8) is 0 Å². The van der Waals surface area contributed by atoms with Gasteiger partial charge in [0.05, 0.1) is 0 Å². The van der Waals surface area contributed by atoms with E-state index in [9.17, 15) is 0 Å². The third kappa shape index (κ3) is 5.07.